The average Bonchev–Trinajstić information content (AvgIpc) is 2.61. The van der Waals surface area contributed by atoms with Gasteiger partial charge in [0.15, 0.2) is 0 Å². The van der Waals surface area contributed by atoms with Crippen LogP contribution in [-0.2, 0) is 4.79 Å². The summed E-state index contributed by atoms with van der Waals surface area (Å²) in [6.45, 7) is -1.03. The highest BCUT2D eigenvalue weighted by atomic mass is 16.4. The number of hydrogen-bond acceptors (Lipinski definition) is 8. The summed E-state index contributed by atoms with van der Waals surface area (Å²) in [5, 5.41) is 53.0. The molecule has 3 amide bonds. The number of anilines is 1. The molecule has 26 heavy (non-hydrogen) atoms. The van der Waals surface area contributed by atoms with Crippen molar-refractivity contribution in [1.82, 2.24) is 10.6 Å². The third-order valence-corrected chi connectivity index (χ3v) is 4.36. The maximum Gasteiger partial charge on any atom is 0.323 e. The van der Waals surface area contributed by atoms with Crippen LogP contribution in [0.5, 0.6) is 5.75 Å². The number of phenols is 1. The van der Waals surface area contributed by atoms with E-state index in [1.54, 1.807) is 12.1 Å². The van der Waals surface area contributed by atoms with Crippen LogP contribution in [0.3, 0.4) is 0 Å². The molecule has 1 aromatic rings. The van der Waals surface area contributed by atoms with Crippen molar-refractivity contribution in [2.24, 2.45) is 0 Å². The number of phenolic OH excluding ortho intramolecular Hbond substituents is 1. The van der Waals surface area contributed by atoms with Crippen LogP contribution in [0.15, 0.2) is 23.8 Å². The number of β-amino-alcohol motifs (C(OH)–C–C–N with tert-alkyl or cyclic N) is 1. The summed E-state index contributed by atoms with van der Waals surface area (Å²) in [6, 6.07) is 3.66. The molecular weight excluding hydrogens is 346 g/mol. The Morgan fingerprint density at radius 2 is 1.88 bits per heavy atom. The summed E-state index contributed by atoms with van der Waals surface area (Å²) in [7, 11) is 0. The Kier molecular flexibility index (Phi) is 4.83. The number of aliphatic hydroxyl groups is 4. The minimum absolute atomic E-state index is 0.0670. The van der Waals surface area contributed by atoms with Crippen molar-refractivity contribution >= 4 is 23.7 Å². The molecule has 1 unspecified atom stereocenters. The number of carbonyl (C=O) groups is 2. The lowest BCUT2D eigenvalue weighted by Crippen LogP contribution is -2.63. The molecule has 1 saturated heterocycles. The lowest BCUT2D eigenvalue weighted by Gasteiger charge is -2.42. The summed E-state index contributed by atoms with van der Waals surface area (Å²) in [6.07, 6.45) is -4.09. The number of hydrogen-bond donors (Lipinski definition) is 7. The molecule has 7 N–H and O–H groups in total. The number of imide groups is 1. The lowest BCUT2D eigenvalue weighted by molar-refractivity contribution is -0.117. The first-order valence-electron chi connectivity index (χ1n) is 7.90. The summed E-state index contributed by atoms with van der Waals surface area (Å²) >= 11 is 0. The number of amides is 3. The van der Waals surface area contributed by atoms with Crippen molar-refractivity contribution in [3.05, 3.63) is 29.3 Å². The average molecular weight is 365 g/mol. The second kappa shape index (κ2) is 6.92. The van der Waals surface area contributed by atoms with Crippen molar-refractivity contribution in [3.8, 4) is 5.75 Å². The molecule has 0 aromatic heterocycles. The maximum atomic E-state index is 12.1. The largest absolute Gasteiger partial charge is 0.508 e. The Balaban J connectivity index is 1.98. The topological polar surface area (TPSA) is 163 Å². The third kappa shape index (κ3) is 3.22. The minimum Gasteiger partial charge on any atom is -0.508 e. The van der Waals surface area contributed by atoms with E-state index in [0.717, 1.165) is 0 Å². The van der Waals surface area contributed by atoms with Crippen molar-refractivity contribution in [2.45, 2.75) is 24.5 Å². The SMILES string of the molecule is O=C1NC(=O)C2=Cc3ccc(O)cc3N(C[C@H](O)[C@H](O)[C@H](O)CO)C2N1. The van der Waals surface area contributed by atoms with Gasteiger partial charge >= 0.3 is 6.03 Å². The lowest BCUT2D eigenvalue weighted by atomic mass is 9.96. The fraction of sp³-hybridized carbons (Fsp3) is 0.375. The maximum absolute atomic E-state index is 12.1. The molecule has 1 fully saturated rings. The third-order valence-electron chi connectivity index (χ3n) is 4.36. The Labute approximate surface area is 148 Å². The Morgan fingerprint density at radius 3 is 2.58 bits per heavy atom. The predicted molar refractivity (Wildman–Crippen MR) is 89.0 cm³/mol. The summed E-state index contributed by atoms with van der Waals surface area (Å²) in [5.74, 6) is -0.671. The number of benzene rings is 1. The van der Waals surface area contributed by atoms with Crippen LogP contribution in [-0.4, -0.2) is 75.1 Å². The number of fused-ring (bicyclic) bond motifs is 2. The first-order chi connectivity index (χ1) is 12.3. The first kappa shape index (κ1) is 18.1. The summed E-state index contributed by atoms with van der Waals surface area (Å²) < 4.78 is 0. The highest BCUT2D eigenvalue weighted by molar-refractivity contribution is 6.11. The molecule has 0 spiro atoms. The van der Waals surface area contributed by atoms with Gasteiger partial charge in [0.05, 0.1) is 12.2 Å². The molecule has 0 saturated carbocycles. The van der Waals surface area contributed by atoms with E-state index in [-0.39, 0.29) is 17.9 Å². The predicted octanol–water partition coefficient (Wildman–Crippen LogP) is -2.16. The number of nitrogens with zero attached hydrogens (tertiary/aromatic N) is 1. The first-order valence-corrected chi connectivity index (χ1v) is 7.90. The number of aromatic hydroxyl groups is 1. The zero-order chi connectivity index (χ0) is 19.0. The quantitative estimate of drug-likeness (QED) is 0.310. The molecule has 10 heteroatoms. The second-order valence-corrected chi connectivity index (χ2v) is 6.13. The van der Waals surface area contributed by atoms with Gasteiger partial charge in [-0.1, -0.05) is 0 Å². The van der Waals surface area contributed by atoms with Gasteiger partial charge in [-0.2, -0.15) is 0 Å². The normalized spacial score (nSPS) is 22.4. The molecule has 0 aliphatic carbocycles. The van der Waals surface area contributed by atoms with Gasteiger partial charge in [-0.3, -0.25) is 10.1 Å². The molecule has 140 valence electrons. The monoisotopic (exact) mass is 365 g/mol. The van der Waals surface area contributed by atoms with Gasteiger partial charge in [0.1, 0.15) is 30.2 Å². The molecule has 1 aromatic carbocycles. The molecular formula is C16H19N3O7. The van der Waals surface area contributed by atoms with E-state index in [1.165, 1.54) is 17.0 Å². The highest BCUT2D eigenvalue weighted by Gasteiger charge is 2.39. The standard InChI is InChI=1S/C16H19N3O7/c20-6-12(23)13(24)11(22)5-19-10-4-8(21)2-1-7(10)3-9-14(19)17-16(26)18-15(9)25/h1-4,11-14,20-24H,5-6H2,(H2,17,18,25,26)/t11-,12+,13-,14?/m0/s1. The molecule has 2 aliphatic heterocycles. The summed E-state index contributed by atoms with van der Waals surface area (Å²) in [5.41, 5.74) is 1.19. The van der Waals surface area contributed by atoms with Crippen LogP contribution in [0.25, 0.3) is 6.08 Å². The molecule has 0 bridgehead atoms. The van der Waals surface area contributed by atoms with Crippen LogP contribution in [0, 0.1) is 0 Å². The Bertz CT molecular complexity index is 766. The Hall–Kier alpha value is -2.66. The summed E-state index contributed by atoms with van der Waals surface area (Å²) in [4.78, 5) is 25.3. The fourth-order valence-electron chi connectivity index (χ4n) is 3.01. The highest BCUT2D eigenvalue weighted by Crippen LogP contribution is 2.35. The van der Waals surface area contributed by atoms with Gasteiger partial charge < -0.3 is 35.7 Å². The van der Waals surface area contributed by atoms with Crippen molar-refractivity contribution in [2.75, 3.05) is 18.1 Å². The molecule has 2 heterocycles. The van der Waals surface area contributed by atoms with Crippen LogP contribution in [0.2, 0.25) is 0 Å². The van der Waals surface area contributed by atoms with E-state index in [0.29, 0.717) is 11.3 Å². The van der Waals surface area contributed by atoms with E-state index in [2.05, 4.69) is 10.6 Å². The smallest absolute Gasteiger partial charge is 0.323 e. The van der Waals surface area contributed by atoms with Crippen LogP contribution in [0.4, 0.5) is 10.5 Å². The number of rotatable bonds is 5. The van der Waals surface area contributed by atoms with E-state index in [4.69, 9.17) is 5.11 Å². The second-order valence-electron chi connectivity index (χ2n) is 6.13. The van der Waals surface area contributed by atoms with E-state index >= 15 is 0 Å². The van der Waals surface area contributed by atoms with Gasteiger partial charge in [0, 0.05) is 18.3 Å². The number of aliphatic hydroxyl groups excluding tert-OH is 4. The number of nitrogens with one attached hydrogen (secondary N) is 2. The molecule has 2 aliphatic rings. The van der Waals surface area contributed by atoms with E-state index in [1.807, 2.05) is 0 Å². The van der Waals surface area contributed by atoms with Gasteiger partial charge in [0.25, 0.3) is 5.91 Å². The van der Waals surface area contributed by atoms with Gasteiger partial charge in [-0.25, -0.2) is 4.79 Å². The number of urea groups is 1. The van der Waals surface area contributed by atoms with Crippen molar-refractivity contribution < 1.29 is 35.1 Å². The minimum atomic E-state index is -1.65. The number of carbonyl (C=O) groups excluding carboxylic acids is 2. The van der Waals surface area contributed by atoms with Crippen LogP contribution >= 0.6 is 0 Å². The van der Waals surface area contributed by atoms with E-state index in [9.17, 15) is 30.0 Å². The van der Waals surface area contributed by atoms with Gasteiger partial charge in [-0.05, 0) is 23.8 Å². The fourth-order valence-corrected chi connectivity index (χ4v) is 3.01. The zero-order valence-corrected chi connectivity index (χ0v) is 13.5. The van der Waals surface area contributed by atoms with Crippen LogP contribution < -0.4 is 15.5 Å². The molecule has 3 rings (SSSR count). The van der Waals surface area contributed by atoms with Crippen molar-refractivity contribution in [3.63, 3.8) is 0 Å². The van der Waals surface area contributed by atoms with E-state index < -0.39 is 43.0 Å². The molecule has 4 atom stereocenters. The molecule has 10 nitrogen and oxygen atoms in total. The van der Waals surface area contributed by atoms with Crippen LogP contribution in [0.1, 0.15) is 5.56 Å². The zero-order valence-electron chi connectivity index (χ0n) is 13.5. The molecule has 0 radical (unpaired) electrons. The van der Waals surface area contributed by atoms with Gasteiger partial charge in [-0.15, -0.1) is 0 Å². The van der Waals surface area contributed by atoms with Crippen molar-refractivity contribution in [1.29, 1.82) is 0 Å². The Morgan fingerprint density at radius 1 is 1.15 bits per heavy atom. The van der Waals surface area contributed by atoms with Gasteiger partial charge in [0.2, 0.25) is 0 Å².